The molecule has 0 aliphatic heterocycles. The molecule has 0 saturated heterocycles. The molecule has 1 aromatic heterocycles. The fourth-order valence-corrected chi connectivity index (χ4v) is 4.75. The molecular formula is C20H21N3O4S. The number of carbonyl (C=O) groups excluding carboxylic acids is 1. The monoisotopic (exact) mass is 399 g/mol. The normalized spacial score (nSPS) is 15.7. The van der Waals surface area contributed by atoms with Gasteiger partial charge in [-0.05, 0) is 57.0 Å². The van der Waals surface area contributed by atoms with Gasteiger partial charge in [-0.3, -0.25) is 9.36 Å². The number of fused-ring (bicyclic) bond motifs is 1. The van der Waals surface area contributed by atoms with Gasteiger partial charge in [-0.15, -0.1) is 0 Å². The van der Waals surface area contributed by atoms with Crippen molar-refractivity contribution in [3.05, 3.63) is 64.1 Å². The summed E-state index contributed by atoms with van der Waals surface area (Å²) < 4.78 is 30.5. The number of nitrogens with one attached hydrogen (secondary N) is 1. The zero-order chi connectivity index (χ0) is 20.3. The number of sulfonamides is 1. The van der Waals surface area contributed by atoms with Gasteiger partial charge in [-0.1, -0.05) is 17.7 Å². The number of imidazole rings is 1. The van der Waals surface area contributed by atoms with Crippen molar-refractivity contribution < 1.29 is 13.2 Å². The summed E-state index contributed by atoms with van der Waals surface area (Å²) in [6.07, 6.45) is 1.58. The lowest BCUT2D eigenvalue weighted by atomic mass is 10.1. The third kappa shape index (κ3) is 3.08. The van der Waals surface area contributed by atoms with Gasteiger partial charge in [-0.2, -0.15) is 0 Å². The van der Waals surface area contributed by atoms with Crippen LogP contribution in [0.2, 0.25) is 0 Å². The van der Waals surface area contributed by atoms with Crippen LogP contribution >= 0.6 is 0 Å². The molecular weight excluding hydrogens is 378 g/mol. The van der Waals surface area contributed by atoms with Crippen LogP contribution in [-0.4, -0.2) is 29.0 Å². The lowest BCUT2D eigenvalue weighted by Gasteiger charge is -2.12. The molecule has 4 rings (SSSR count). The second-order valence-corrected chi connectivity index (χ2v) is 9.35. The number of hydrogen-bond donors (Lipinski definition) is 1. The highest BCUT2D eigenvalue weighted by Gasteiger charge is 2.41. The van der Waals surface area contributed by atoms with Crippen LogP contribution in [0.15, 0.2) is 52.2 Å². The summed E-state index contributed by atoms with van der Waals surface area (Å²) in [7, 11) is -2.19. The molecule has 3 aromatic rings. The molecule has 28 heavy (non-hydrogen) atoms. The summed E-state index contributed by atoms with van der Waals surface area (Å²) in [5.74, 6) is -0.490. The SMILES string of the molecule is Cc1cccc(C(=O)n2c(=O)n(C)c3ccc(S(=O)(=O)NC4(C)CC4)cc32)c1. The Labute approximate surface area is 162 Å². The highest BCUT2D eigenvalue weighted by Crippen LogP contribution is 2.36. The van der Waals surface area contributed by atoms with Gasteiger partial charge >= 0.3 is 5.69 Å². The standard InChI is InChI=1S/C20H21N3O4S/c1-13-5-4-6-14(11-13)18(24)23-17-12-15(7-8-16(17)22(3)19(23)25)28(26,27)21-20(2)9-10-20/h4-8,11-12,21H,9-10H2,1-3H3. The second-order valence-electron chi connectivity index (χ2n) is 7.67. The Morgan fingerprint density at radius 3 is 2.46 bits per heavy atom. The lowest BCUT2D eigenvalue weighted by Crippen LogP contribution is -2.34. The van der Waals surface area contributed by atoms with Gasteiger partial charge < -0.3 is 0 Å². The van der Waals surface area contributed by atoms with Crippen LogP contribution in [0.25, 0.3) is 11.0 Å². The zero-order valence-corrected chi connectivity index (χ0v) is 16.7. The fraction of sp³-hybridized carbons (Fsp3) is 0.300. The molecule has 1 N–H and O–H groups in total. The molecule has 1 aliphatic carbocycles. The van der Waals surface area contributed by atoms with Crippen LogP contribution in [0.4, 0.5) is 0 Å². The van der Waals surface area contributed by atoms with Crippen LogP contribution in [0.3, 0.4) is 0 Å². The van der Waals surface area contributed by atoms with Crippen molar-refractivity contribution in [2.75, 3.05) is 0 Å². The van der Waals surface area contributed by atoms with E-state index in [-0.39, 0.29) is 10.4 Å². The molecule has 2 aromatic carbocycles. The molecule has 8 heteroatoms. The number of benzene rings is 2. The molecule has 0 unspecified atom stereocenters. The molecule has 1 heterocycles. The second kappa shape index (κ2) is 6.15. The predicted molar refractivity (Wildman–Crippen MR) is 106 cm³/mol. The summed E-state index contributed by atoms with van der Waals surface area (Å²) in [6, 6.07) is 11.3. The third-order valence-corrected chi connectivity index (χ3v) is 6.82. The average Bonchev–Trinajstić information content (AvgIpc) is 3.30. The van der Waals surface area contributed by atoms with E-state index in [0.717, 1.165) is 23.0 Å². The minimum atomic E-state index is -3.75. The Bertz CT molecular complexity index is 1280. The average molecular weight is 399 g/mol. The van der Waals surface area contributed by atoms with E-state index in [9.17, 15) is 18.0 Å². The largest absolute Gasteiger partial charge is 0.335 e. The van der Waals surface area contributed by atoms with Crippen molar-refractivity contribution in [1.82, 2.24) is 13.9 Å². The molecule has 0 amide bonds. The highest BCUT2D eigenvalue weighted by molar-refractivity contribution is 7.89. The number of carbonyl (C=O) groups is 1. The molecule has 0 spiro atoms. The Kier molecular flexibility index (Phi) is 4.09. The van der Waals surface area contributed by atoms with Crippen LogP contribution in [0.5, 0.6) is 0 Å². The molecule has 0 bridgehead atoms. The maximum Gasteiger partial charge on any atom is 0.335 e. The number of rotatable bonds is 4. The molecule has 1 saturated carbocycles. The van der Waals surface area contributed by atoms with Gasteiger partial charge in [0.1, 0.15) is 0 Å². The smallest absolute Gasteiger partial charge is 0.295 e. The van der Waals surface area contributed by atoms with Crippen LogP contribution in [-0.2, 0) is 17.1 Å². The molecule has 1 aliphatic rings. The predicted octanol–water partition coefficient (Wildman–Crippen LogP) is 2.17. The maximum atomic E-state index is 13.0. The van der Waals surface area contributed by atoms with Crippen molar-refractivity contribution in [1.29, 1.82) is 0 Å². The van der Waals surface area contributed by atoms with E-state index in [0.29, 0.717) is 11.1 Å². The van der Waals surface area contributed by atoms with Crippen molar-refractivity contribution >= 4 is 27.0 Å². The number of aromatic nitrogens is 2. The van der Waals surface area contributed by atoms with Gasteiger partial charge in [0.2, 0.25) is 10.0 Å². The van der Waals surface area contributed by atoms with Gasteiger partial charge in [0.25, 0.3) is 5.91 Å². The molecule has 0 radical (unpaired) electrons. The molecule has 1 fully saturated rings. The van der Waals surface area contributed by atoms with E-state index in [1.807, 2.05) is 19.9 Å². The fourth-order valence-electron chi connectivity index (χ4n) is 3.27. The van der Waals surface area contributed by atoms with Crippen molar-refractivity contribution in [3.63, 3.8) is 0 Å². The van der Waals surface area contributed by atoms with E-state index in [1.54, 1.807) is 31.3 Å². The van der Waals surface area contributed by atoms with E-state index < -0.39 is 27.2 Å². The Morgan fingerprint density at radius 2 is 1.82 bits per heavy atom. The summed E-state index contributed by atoms with van der Waals surface area (Å²) in [5.41, 5.74) is 1.08. The molecule has 146 valence electrons. The first-order valence-corrected chi connectivity index (χ1v) is 10.5. The summed E-state index contributed by atoms with van der Waals surface area (Å²) in [4.78, 5) is 25.8. The van der Waals surface area contributed by atoms with E-state index in [2.05, 4.69) is 4.72 Å². The van der Waals surface area contributed by atoms with Gasteiger partial charge in [-0.25, -0.2) is 22.5 Å². The Morgan fingerprint density at radius 1 is 1.11 bits per heavy atom. The Balaban J connectivity index is 1.88. The summed E-state index contributed by atoms with van der Waals surface area (Å²) in [5, 5.41) is 0. The Hall–Kier alpha value is -2.71. The topological polar surface area (TPSA) is 90.2 Å². The first kappa shape index (κ1) is 18.6. The van der Waals surface area contributed by atoms with Gasteiger partial charge in [0.05, 0.1) is 15.9 Å². The third-order valence-electron chi connectivity index (χ3n) is 5.19. The van der Waals surface area contributed by atoms with Crippen molar-refractivity contribution in [2.45, 2.75) is 37.1 Å². The summed E-state index contributed by atoms with van der Waals surface area (Å²) >= 11 is 0. The minimum absolute atomic E-state index is 0.0320. The van der Waals surface area contributed by atoms with Gasteiger partial charge in [0.15, 0.2) is 0 Å². The minimum Gasteiger partial charge on any atom is -0.295 e. The van der Waals surface area contributed by atoms with Gasteiger partial charge in [0, 0.05) is 18.2 Å². The number of hydrogen-bond acceptors (Lipinski definition) is 4. The number of aryl methyl sites for hydroxylation is 2. The van der Waals surface area contributed by atoms with Crippen molar-refractivity contribution in [3.8, 4) is 0 Å². The van der Waals surface area contributed by atoms with Crippen LogP contribution in [0, 0.1) is 6.92 Å². The van der Waals surface area contributed by atoms with Crippen LogP contribution < -0.4 is 10.4 Å². The number of nitrogens with zero attached hydrogens (tertiary/aromatic N) is 2. The summed E-state index contributed by atoms with van der Waals surface area (Å²) in [6.45, 7) is 3.71. The van der Waals surface area contributed by atoms with Crippen LogP contribution in [0.1, 0.15) is 35.7 Å². The zero-order valence-electron chi connectivity index (χ0n) is 15.9. The van der Waals surface area contributed by atoms with E-state index in [1.165, 1.54) is 16.7 Å². The lowest BCUT2D eigenvalue weighted by molar-refractivity contribution is 0.0960. The maximum absolute atomic E-state index is 13.0. The first-order chi connectivity index (χ1) is 13.1. The quantitative estimate of drug-likeness (QED) is 0.728. The van der Waals surface area contributed by atoms with E-state index in [4.69, 9.17) is 0 Å². The first-order valence-electron chi connectivity index (χ1n) is 8.98. The highest BCUT2D eigenvalue weighted by atomic mass is 32.2. The van der Waals surface area contributed by atoms with Crippen molar-refractivity contribution in [2.24, 2.45) is 7.05 Å². The van der Waals surface area contributed by atoms with E-state index >= 15 is 0 Å². The molecule has 7 nitrogen and oxygen atoms in total. The molecule has 0 atom stereocenters.